The average Bonchev–Trinajstić information content (AvgIpc) is 2.75. The van der Waals surface area contributed by atoms with Crippen molar-refractivity contribution < 1.29 is 28.8 Å². The van der Waals surface area contributed by atoms with Gasteiger partial charge in [-0.3, -0.25) is 0 Å². The van der Waals surface area contributed by atoms with E-state index in [4.69, 9.17) is 24.7 Å². The number of piperazine rings is 1. The van der Waals surface area contributed by atoms with Crippen LogP contribution in [0.4, 0.5) is 10.5 Å². The molecule has 3 N–H and O–H groups in total. The number of aliphatic imine (C=N–C) groups is 1. The fourth-order valence-corrected chi connectivity index (χ4v) is 3.00. The highest BCUT2D eigenvalue weighted by molar-refractivity contribution is 5.84. The number of ether oxygens (including phenoxy) is 4. The van der Waals surface area contributed by atoms with Gasteiger partial charge in [-0.05, 0) is 19.9 Å². The quantitative estimate of drug-likeness (QED) is 0.495. The molecule has 1 aromatic rings. The first-order valence-corrected chi connectivity index (χ1v) is 9.61. The zero-order valence-corrected chi connectivity index (χ0v) is 18.5. The molecule has 1 heterocycles. The lowest BCUT2D eigenvalue weighted by atomic mass is 10.1. The van der Waals surface area contributed by atoms with Crippen LogP contribution in [0.2, 0.25) is 0 Å². The summed E-state index contributed by atoms with van der Waals surface area (Å²) in [6, 6.07) is 3.56. The maximum absolute atomic E-state index is 12.1. The standard InChI is InChI=1S/C20H29N5O6/c1-20(2,27)12-31-19(26)25-8-6-24(7-9-25)18(22)23-14-10-13(11-21)15(28-3)17(30-5)16(14)29-4/h10,27H,6-9,12H2,1-5H3,(H2,22,23). The van der Waals surface area contributed by atoms with Crippen molar-refractivity contribution in [2.45, 2.75) is 19.4 Å². The van der Waals surface area contributed by atoms with E-state index >= 15 is 0 Å². The highest BCUT2D eigenvalue weighted by Gasteiger charge is 2.26. The molecule has 2 rings (SSSR count). The molecule has 1 aliphatic rings. The summed E-state index contributed by atoms with van der Waals surface area (Å²) in [5, 5.41) is 19.1. The first-order chi connectivity index (χ1) is 14.6. The molecule has 0 unspecified atom stereocenters. The Bertz CT molecular complexity index is 866. The summed E-state index contributed by atoms with van der Waals surface area (Å²) >= 11 is 0. The first kappa shape index (κ1) is 23.9. The van der Waals surface area contributed by atoms with Gasteiger partial charge in [0, 0.05) is 26.2 Å². The molecule has 11 nitrogen and oxygen atoms in total. The van der Waals surface area contributed by atoms with E-state index in [1.165, 1.54) is 27.4 Å². The second-order valence-corrected chi connectivity index (χ2v) is 7.47. The summed E-state index contributed by atoms with van der Waals surface area (Å²) in [4.78, 5) is 19.9. The van der Waals surface area contributed by atoms with Gasteiger partial charge in [-0.25, -0.2) is 9.79 Å². The van der Waals surface area contributed by atoms with E-state index in [1.807, 2.05) is 11.0 Å². The van der Waals surface area contributed by atoms with Crippen molar-refractivity contribution in [3.8, 4) is 23.3 Å². The summed E-state index contributed by atoms with van der Waals surface area (Å²) in [7, 11) is 4.33. The third kappa shape index (κ3) is 5.82. The lowest BCUT2D eigenvalue weighted by Crippen LogP contribution is -2.53. The second-order valence-electron chi connectivity index (χ2n) is 7.47. The van der Waals surface area contributed by atoms with Crippen molar-refractivity contribution in [2.24, 2.45) is 10.7 Å². The number of amides is 1. The highest BCUT2D eigenvalue weighted by Crippen LogP contribution is 2.46. The van der Waals surface area contributed by atoms with Crippen molar-refractivity contribution in [1.29, 1.82) is 5.26 Å². The molecule has 1 fully saturated rings. The number of nitriles is 1. The number of carbonyl (C=O) groups excluding carboxylic acids is 1. The Balaban J connectivity index is 2.16. The maximum Gasteiger partial charge on any atom is 0.409 e. The molecule has 31 heavy (non-hydrogen) atoms. The van der Waals surface area contributed by atoms with Gasteiger partial charge in [-0.15, -0.1) is 0 Å². The predicted molar refractivity (Wildman–Crippen MR) is 113 cm³/mol. The predicted octanol–water partition coefficient (Wildman–Crippen LogP) is 1.06. The van der Waals surface area contributed by atoms with E-state index in [2.05, 4.69) is 4.99 Å². The topological polar surface area (TPSA) is 143 Å². The molecular formula is C20H29N5O6. The number of hydrogen-bond donors (Lipinski definition) is 2. The Kier molecular flexibility index (Phi) is 7.77. The second kappa shape index (κ2) is 10.1. The fourth-order valence-electron chi connectivity index (χ4n) is 3.00. The molecule has 170 valence electrons. The van der Waals surface area contributed by atoms with E-state index in [1.54, 1.807) is 18.7 Å². The molecule has 0 saturated carbocycles. The van der Waals surface area contributed by atoms with Gasteiger partial charge in [0.05, 0.1) is 26.9 Å². The zero-order valence-electron chi connectivity index (χ0n) is 18.5. The molecule has 0 bridgehead atoms. The number of nitrogens with two attached hydrogens (primary N) is 1. The number of carbonyl (C=O) groups is 1. The van der Waals surface area contributed by atoms with Gasteiger partial charge in [0.2, 0.25) is 5.75 Å². The Morgan fingerprint density at radius 1 is 1.13 bits per heavy atom. The maximum atomic E-state index is 12.1. The van der Waals surface area contributed by atoms with Gasteiger partial charge in [0.15, 0.2) is 17.5 Å². The van der Waals surface area contributed by atoms with Gasteiger partial charge >= 0.3 is 6.09 Å². The molecule has 0 radical (unpaired) electrons. The number of nitrogens with zero attached hydrogens (tertiary/aromatic N) is 4. The lowest BCUT2D eigenvalue weighted by Gasteiger charge is -2.35. The molecule has 0 atom stereocenters. The van der Waals surface area contributed by atoms with Crippen LogP contribution in [0.1, 0.15) is 19.4 Å². The lowest BCUT2D eigenvalue weighted by molar-refractivity contribution is -0.00623. The summed E-state index contributed by atoms with van der Waals surface area (Å²) in [5.74, 6) is 0.988. The molecule has 1 saturated heterocycles. The van der Waals surface area contributed by atoms with Gasteiger partial charge in [0.1, 0.15) is 23.9 Å². The van der Waals surface area contributed by atoms with Crippen molar-refractivity contribution in [3.63, 3.8) is 0 Å². The molecule has 11 heteroatoms. The normalized spacial score (nSPS) is 14.7. The van der Waals surface area contributed by atoms with Crippen molar-refractivity contribution in [3.05, 3.63) is 11.6 Å². The van der Waals surface area contributed by atoms with Gasteiger partial charge < -0.3 is 39.6 Å². The molecule has 0 spiro atoms. The number of methoxy groups -OCH3 is 3. The van der Waals surface area contributed by atoms with Crippen molar-refractivity contribution in [2.75, 3.05) is 54.1 Å². The zero-order chi connectivity index (χ0) is 23.2. The van der Waals surface area contributed by atoms with Crippen LogP contribution in [0.5, 0.6) is 17.2 Å². The minimum absolute atomic E-state index is 0.0873. The van der Waals surface area contributed by atoms with Crippen LogP contribution >= 0.6 is 0 Å². The number of rotatable bonds is 6. The van der Waals surface area contributed by atoms with E-state index in [0.717, 1.165) is 0 Å². The molecule has 1 amide bonds. The van der Waals surface area contributed by atoms with Gasteiger partial charge in [0.25, 0.3) is 0 Å². The van der Waals surface area contributed by atoms with Crippen LogP contribution in [-0.4, -0.2) is 86.7 Å². The number of hydrogen-bond acceptors (Lipinski definition) is 8. The number of aliphatic hydroxyl groups is 1. The SMILES string of the molecule is COc1c(C#N)cc(N=C(N)N2CCN(C(=O)OCC(C)(C)O)CC2)c(OC)c1OC. The van der Waals surface area contributed by atoms with Crippen molar-refractivity contribution >= 4 is 17.7 Å². The summed E-state index contributed by atoms with van der Waals surface area (Å²) in [5.41, 5.74) is 5.65. The Labute approximate surface area is 181 Å². The van der Waals surface area contributed by atoms with Crippen LogP contribution in [0.15, 0.2) is 11.1 Å². The van der Waals surface area contributed by atoms with Gasteiger partial charge in [-0.2, -0.15) is 5.26 Å². The van der Waals surface area contributed by atoms with E-state index in [0.29, 0.717) is 31.9 Å². The van der Waals surface area contributed by atoms with Gasteiger partial charge in [-0.1, -0.05) is 0 Å². The minimum Gasteiger partial charge on any atom is -0.491 e. The Morgan fingerprint density at radius 3 is 2.16 bits per heavy atom. The minimum atomic E-state index is -1.09. The molecule has 1 aliphatic heterocycles. The largest absolute Gasteiger partial charge is 0.491 e. The van der Waals surface area contributed by atoms with E-state index in [9.17, 15) is 15.2 Å². The molecule has 0 aromatic heterocycles. The highest BCUT2D eigenvalue weighted by atomic mass is 16.6. The van der Waals surface area contributed by atoms with Crippen LogP contribution in [0, 0.1) is 11.3 Å². The Morgan fingerprint density at radius 2 is 1.68 bits per heavy atom. The van der Waals surface area contributed by atoms with Crippen LogP contribution in [0.25, 0.3) is 0 Å². The molecule has 1 aromatic carbocycles. The van der Waals surface area contributed by atoms with E-state index < -0.39 is 11.7 Å². The summed E-state index contributed by atoms with van der Waals surface area (Å²) in [6.07, 6.45) is -0.488. The van der Waals surface area contributed by atoms with Crippen molar-refractivity contribution in [1.82, 2.24) is 9.80 Å². The van der Waals surface area contributed by atoms with Crippen LogP contribution in [-0.2, 0) is 4.74 Å². The number of benzene rings is 1. The monoisotopic (exact) mass is 435 g/mol. The third-order valence-corrected chi connectivity index (χ3v) is 4.55. The molecule has 0 aliphatic carbocycles. The molecular weight excluding hydrogens is 406 g/mol. The van der Waals surface area contributed by atoms with E-state index in [-0.39, 0.29) is 35.4 Å². The third-order valence-electron chi connectivity index (χ3n) is 4.55. The Hall–Kier alpha value is -3.39. The van der Waals surface area contributed by atoms with Crippen LogP contribution < -0.4 is 19.9 Å². The smallest absolute Gasteiger partial charge is 0.409 e. The fraction of sp³-hybridized carbons (Fsp3) is 0.550. The average molecular weight is 435 g/mol. The summed E-state index contributed by atoms with van der Waals surface area (Å²) < 4.78 is 21.2. The summed E-state index contributed by atoms with van der Waals surface area (Å²) in [6.45, 7) is 4.68. The first-order valence-electron chi connectivity index (χ1n) is 9.61. The van der Waals surface area contributed by atoms with Crippen LogP contribution in [0.3, 0.4) is 0 Å². The number of guanidine groups is 1.